The number of rotatable bonds is 6. The van der Waals surface area contributed by atoms with Crippen LogP contribution < -0.4 is 5.73 Å². The van der Waals surface area contributed by atoms with Crippen LogP contribution in [-0.4, -0.2) is 28.0 Å². The van der Waals surface area contributed by atoms with Crippen molar-refractivity contribution in [3.63, 3.8) is 0 Å². The van der Waals surface area contributed by atoms with Crippen molar-refractivity contribution >= 4 is 27.7 Å². The zero-order chi connectivity index (χ0) is 12.8. The molecule has 0 saturated carbocycles. The lowest BCUT2D eigenvalue weighted by Gasteiger charge is -2.22. The minimum absolute atomic E-state index is 0.0106. The number of nitrogens with two attached hydrogens (primary N) is 1. The number of aromatic nitrogens is 1. The van der Waals surface area contributed by atoms with Crippen molar-refractivity contribution < 1.29 is 5.11 Å². The molecule has 1 aromatic rings. The van der Waals surface area contributed by atoms with Gasteiger partial charge in [-0.2, -0.15) is 0 Å². The van der Waals surface area contributed by atoms with Gasteiger partial charge >= 0.3 is 0 Å². The molecule has 3 nitrogen and oxygen atoms in total. The second-order valence-electron chi connectivity index (χ2n) is 4.42. The molecule has 1 heterocycles. The van der Waals surface area contributed by atoms with E-state index in [1.807, 2.05) is 12.1 Å². The van der Waals surface area contributed by atoms with E-state index in [2.05, 4.69) is 34.8 Å². The molecule has 0 fully saturated rings. The summed E-state index contributed by atoms with van der Waals surface area (Å²) in [7, 11) is 0. The largest absolute Gasteiger partial charge is 0.395 e. The fourth-order valence-electron chi connectivity index (χ4n) is 1.56. The summed E-state index contributed by atoms with van der Waals surface area (Å²) in [5, 5.41) is 10.3. The lowest BCUT2D eigenvalue weighted by atomic mass is 10.0. The number of aliphatic hydroxyl groups is 1. The molecule has 0 bridgehead atoms. The Hall–Kier alpha value is -0.100. The molecule has 1 rings (SSSR count). The number of hydrogen-bond donors (Lipinski definition) is 2. The van der Waals surface area contributed by atoms with Gasteiger partial charge in [0.2, 0.25) is 0 Å². The monoisotopic (exact) mass is 318 g/mol. The molecule has 0 aromatic carbocycles. The van der Waals surface area contributed by atoms with Crippen LogP contribution in [0.1, 0.15) is 20.3 Å². The minimum Gasteiger partial charge on any atom is -0.395 e. The van der Waals surface area contributed by atoms with E-state index < -0.39 is 0 Å². The molecular weight excluding hydrogens is 300 g/mol. The first kappa shape index (κ1) is 15.0. The number of pyridine rings is 1. The standard InChI is InChI=1S/C12H19BrN2OS/c1-8(2)6-10(14)11(7-16)17-12-9(13)4-3-5-15-12/h3-5,8,10-11,16H,6-7,14H2,1-2H3. The highest BCUT2D eigenvalue weighted by atomic mass is 79.9. The van der Waals surface area contributed by atoms with Crippen molar-refractivity contribution in [3.05, 3.63) is 22.8 Å². The average Bonchev–Trinajstić information content (AvgIpc) is 2.27. The molecule has 2 unspecified atom stereocenters. The molecule has 0 amide bonds. The van der Waals surface area contributed by atoms with E-state index in [0.717, 1.165) is 15.9 Å². The van der Waals surface area contributed by atoms with Gasteiger partial charge in [0.15, 0.2) is 0 Å². The Labute approximate surface area is 115 Å². The lowest BCUT2D eigenvalue weighted by Crippen LogP contribution is -2.36. The van der Waals surface area contributed by atoms with E-state index >= 15 is 0 Å². The van der Waals surface area contributed by atoms with Gasteiger partial charge in [0.05, 0.1) is 6.61 Å². The first-order valence-electron chi connectivity index (χ1n) is 5.68. The molecule has 0 spiro atoms. The smallest absolute Gasteiger partial charge is 0.111 e. The molecule has 1 aromatic heterocycles. The van der Waals surface area contributed by atoms with Crippen LogP contribution in [0.5, 0.6) is 0 Å². The van der Waals surface area contributed by atoms with Crippen molar-refractivity contribution in [2.75, 3.05) is 6.61 Å². The fraction of sp³-hybridized carbons (Fsp3) is 0.583. The zero-order valence-electron chi connectivity index (χ0n) is 10.1. The second kappa shape index (κ2) is 7.36. The van der Waals surface area contributed by atoms with Crippen LogP contribution in [0, 0.1) is 5.92 Å². The van der Waals surface area contributed by atoms with Crippen LogP contribution >= 0.6 is 27.7 Å². The quantitative estimate of drug-likeness (QED) is 0.792. The Kier molecular flexibility index (Phi) is 6.48. The molecule has 0 aliphatic heterocycles. The summed E-state index contributed by atoms with van der Waals surface area (Å²) in [4.78, 5) is 4.28. The van der Waals surface area contributed by atoms with Crippen LogP contribution in [0.15, 0.2) is 27.8 Å². The van der Waals surface area contributed by atoms with E-state index in [9.17, 15) is 5.11 Å². The molecule has 3 N–H and O–H groups in total. The van der Waals surface area contributed by atoms with Crippen molar-refractivity contribution in [2.24, 2.45) is 11.7 Å². The van der Waals surface area contributed by atoms with Crippen molar-refractivity contribution in [2.45, 2.75) is 36.6 Å². The van der Waals surface area contributed by atoms with Crippen molar-refractivity contribution in [3.8, 4) is 0 Å². The number of hydrogen-bond acceptors (Lipinski definition) is 4. The third kappa shape index (κ3) is 4.95. The zero-order valence-corrected chi connectivity index (χ0v) is 12.5. The van der Waals surface area contributed by atoms with Gasteiger partial charge in [0.25, 0.3) is 0 Å². The first-order chi connectivity index (χ1) is 8.04. The van der Waals surface area contributed by atoms with Crippen LogP contribution in [0.3, 0.4) is 0 Å². The van der Waals surface area contributed by atoms with Crippen molar-refractivity contribution in [1.82, 2.24) is 4.98 Å². The van der Waals surface area contributed by atoms with Crippen molar-refractivity contribution in [1.29, 1.82) is 0 Å². The van der Waals surface area contributed by atoms with Crippen LogP contribution in [0.2, 0.25) is 0 Å². The number of nitrogens with zero attached hydrogens (tertiary/aromatic N) is 1. The van der Waals surface area contributed by atoms with Gasteiger partial charge in [0, 0.05) is 22.0 Å². The Balaban J connectivity index is 2.66. The molecule has 17 heavy (non-hydrogen) atoms. The molecule has 96 valence electrons. The second-order valence-corrected chi connectivity index (χ2v) is 6.50. The summed E-state index contributed by atoms with van der Waals surface area (Å²) < 4.78 is 0.945. The highest BCUT2D eigenvalue weighted by Gasteiger charge is 2.20. The van der Waals surface area contributed by atoms with E-state index in [1.165, 1.54) is 11.8 Å². The number of thioether (sulfide) groups is 1. The molecular formula is C12H19BrN2OS. The van der Waals surface area contributed by atoms with Gasteiger partial charge in [-0.25, -0.2) is 4.98 Å². The molecule has 0 radical (unpaired) electrons. The molecule has 0 aliphatic carbocycles. The predicted molar refractivity (Wildman–Crippen MR) is 76.1 cm³/mol. The maximum Gasteiger partial charge on any atom is 0.111 e. The van der Waals surface area contributed by atoms with Gasteiger partial charge in [-0.1, -0.05) is 25.6 Å². The maximum absolute atomic E-state index is 9.42. The Morgan fingerprint density at radius 1 is 1.53 bits per heavy atom. The summed E-state index contributed by atoms with van der Waals surface area (Å²) in [6, 6.07) is 3.80. The number of halogens is 1. The molecule has 5 heteroatoms. The summed E-state index contributed by atoms with van der Waals surface area (Å²) in [5.74, 6) is 0.534. The Bertz CT molecular complexity index is 349. The average molecular weight is 319 g/mol. The third-order valence-corrected chi connectivity index (χ3v) is 4.64. The molecule has 0 saturated heterocycles. The highest BCUT2D eigenvalue weighted by Crippen LogP contribution is 2.30. The van der Waals surface area contributed by atoms with E-state index in [0.29, 0.717) is 5.92 Å². The lowest BCUT2D eigenvalue weighted by molar-refractivity contribution is 0.275. The maximum atomic E-state index is 9.42. The van der Waals surface area contributed by atoms with Crippen LogP contribution in [-0.2, 0) is 0 Å². The summed E-state index contributed by atoms with van der Waals surface area (Å²) in [5.41, 5.74) is 6.10. The predicted octanol–water partition coefficient (Wildman–Crippen LogP) is 2.67. The van der Waals surface area contributed by atoms with Gasteiger partial charge < -0.3 is 10.8 Å². The first-order valence-corrected chi connectivity index (χ1v) is 7.35. The summed E-state index contributed by atoms with van der Waals surface area (Å²) in [6.45, 7) is 4.34. The van der Waals surface area contributed by atoms with E-state index in [4.69, 9.17) is 5.73 Å². The SMILES string of the molecule is CC(C)CC(N)C(CO)Sc1ncccc1Br. The topological polar surface area (TPSA) is 59.1 Å². The molecule has 0 aliphatic rings. The Morgan fingerprint density at radius 2 is 2.24 bits per heavy atom. The van der Waals surface area contributed by atoms with Gasteiger partial charge in [-0.05, 0) is 40.4 Å². The minimum atomic E-state index is -0.0149. The van der Waals surface area contributed by atoms with Gasteiger partial charge in [-0.15, -0.1) is 0 Å². The van der Waals surface area contributed by atoms with Gasteiger partial charge in [0.1, 0.15) is 5.03 Å². The summed E-state index contributed by atoms with van der Waals surface area (Å²) in [6.07, 6.45) is 2.65. The van der Waals surface area contributed by atoms with E-state index in [-0.39, 0.29) is 17.9 Å². The third-order valence-electron chi connectivity index (χ3n) is 2.39. The fourth-order valence-corrected chi connectivity index (χ4v) is 3.04. The van der Waals surface area contributed by atoms with E-state index in [1.54, 1.807) is 6.20 Å². The number of aliphatic hydroxyl groups excluding tert-OH is 1. The van der Waals surface area contributed by atoms with Gasteiger partial charge in [-0.3, -0.25) is 0 Å². The highest BCUT2D eigenvalue weighted by molar-refractivity contribution is 9.10. The normalized spacial score (nSPS) is 14.9. The summed E-state index contributed by atoms with van der Waals surface area (Å²) >= 11 is 4.98. The molecule has 2 atom stereocenters. The van der Waals surface area contributed by atoms with Crippen LogP contribution in [0.25, 0.3) is 0 Å². The van der Waals surface area contributed by atoms with Crippen LogP contribution in [0.4, 0.5) is 0 Å². The Morgan fingerprint density at radius 3 is 2.76 bits per heavy atom.